The van der Waals surface area contributed by atoms with E-state index in [0.29, 0.717) is 16.5 Å². The minimum atomic E-state index is -1.37. The van der Waals surface area contributed by atoms with Crippen molar-refractivity contribution in [1.29, 1.82) is 0 Å². The fourth-order valence-corrected chi connectivity index (χ4v) is 2.80. The number of hydrogen-bond donors (Lipinski definition) is 2. The van der Waals surface area contributed by atoms with Crippen LogP contribution in [0.1, 0.15) is 10.4 Å². The van der Waals surface area contributed by atoms with Crippen LogP contribution in [-0.2, 0) is 15.6 Å². The van der Waals surface area contributed by atoms with Crippen LogP contribution in [0.15, 0.2) is 48.5 Å². The van der Waals surface area contributed by atoms with Gasteiger partial charge in [-0.05, 0) is 48.5 Å². The van der Waals surface area contributed by atoms with E-state index in [1.165, 1.54) is 24.3 Å². The Morgan fingerprint density at radius 3 is 2.32 bits per heavy atom. The molecule has 0 heterocycles. The van der Waals surface area contributed by atoms with Crippen LogP contribution in [-0.4, -0.2) is 39.3 Å². The molecule has 8 heteroatoms. The summed E-state index contributed by atoms with van der Waals surface area (Å²) < 4.78 is 17.3. The Labute approximate surface area is 152 Å². The van der Waals surface area contributed by atoms with E-state index in [4.69, 9.17) is 21.4 Å². The van der Waals surface area contributed by atoms with Crippen LogP contribution >= 0.6 is 11.6 Å². The summed E-state index contributed by atoms with van der Waals surface area (Å²) in [5.41, 5.74) is 0.574. The van der Waals surface area contributed by atoms with Crippen LogP contribution in [0.2, 0.25) is 5.02 Å². The van der Waals surface area contributed by atoms with Crippen molar-refractivity contribution in [3.05, 3.63) is 59.1 Å². The maximum Gasteiger partial charge on any atom is 0.335 e. The van der Waals surface area contributed by atoms with Crippen molar-refractivity contribution in [2.24, 2.45) is 0 Å². The molecule has 6 nitrogen and oxygen atoms in total. The molecule has 2 rings (SSSR count). The first-order valence-corrected chi connectivity index (χ1v) is 9.17. The van der Waals surface area contributed by atoms with Crippen molar-refractivity contribution in [2.45, 2.75) is 0 Å². The van der Waals surface area contributed by atoms with E-state index in [-0.39, 0.29) is 23.7 Å². The second kappa shape index (κ2) is 9.19. The predicted octanol–water partition coefficient (Wildman–Crippen LogP) is 2.80. The van der Waals surface area contributed by atoms with E-state index >= 15 is 0 Å². The topological polar surface area (TPSA) is 92.7 Å². The van der Waals surface area contributed by atoms with E-state index in [9.17, 15) is 13.8 Å². The molecule has 0 saturated carbocycles. The van der Waals surface area contributed by atoms with Gasteiger partial charge < -0.3 is 15.2 Å². The SMILES string of the molecule is O=C(CS(=O)CCOc1ccc(Cl)cc1)Nc1ccc(C(=O)O)cc1. The Balaban J connectivity index is 1.73. The second-order valence-corrected chi connectivity index (χ2v) is 7.03. The van der Waals surface area contributed by atoms with Crippen molar-refractivity contribution < 1.29 is 23.6 Å². The molecule has 25 heavy (non-hydrogen) atoms. The number of halogens is 1. The van der Waals surface area contributed by atoms with Crippen molar-refractivity contribution in [2.75, 3.05) is 23.4 Å². The summed E-state index contributed by atoms with van der Waals surface area (Å²) in [6.07, 6.45) is 0. The van der Waals surface area contributed by atoms with Crippen molar-refractivity contribution in [1.82, 2.24) is 0 Å². The molecule has 0 saturated heterocycles. The van der Waals surface area contributed by atoms with Crippen molar-refractivity contribution >= 4 is 40.0 Å². The molecule has 0 fully saturated rings. The van der Waals surface area contributed by atoms with Gasteiger partial charge in [0.25, 0.3) is 0 Å². The molecule has 2 aromatic rings. The van der Waals surface area contributed by atoms with Crippen molar-refractivity contribution in [3.63, 3.8) is 0 Å². The number of anilines is 1. The lowest BCUT2D eigenvalue weighted by atomic mass is 10.2. The predicted molar refractivity (Wildman–Crippen MR) is 96.9 cm³/mol. The Hall–Kier alpha value is -2.38. The van der Waals surface area contributed by atoms with E-state index in [1.807, 2.05) is 0 Å². The second-order valence-electron chi connectivity index (χ2n) is 5.02. The molecule has 0 aliphatic heterocycles. The zero-order valence-electron chi connectivity index (χ0n) is 13.1. The molecule has 132 valence electrons. The first-order chi connectivity index (χ1) is 11.9. The Morgan fingerprint density at radius 1 is 1.08 bits per heavy atom. The molecule has 1 unspecified atom stereocenters. The largest absolute Gasteiger partial charge is 0.493 e. The third-order valence-corrected chi connectivity index (χ3v) is 4.56. The fraction of sp³-hybridized carbons (Fsp3) is 0.176. The molecule has 2 aromatic carbocycles. The lowest BCUT2D eigenvalue weighted by molar-refractivity contribution is -0.113. The first kappa shape index (κ1) is 19.0. The number of rotatable bonds is 8. The maximum absolute atomic E-state index is 11.9. The third kappa shape index (κ3) is 6.56. The number of nitrogens with one attached hydrogen (secondary N) is 1. The number of aromatic carboxylic acids is 1. The van der Waals surface area contributed by atoms with Crippen LogP contribution in [0, 0.1) is 0 Å². The zero-order chi connectivity index (χ0) is 18.2. The number of carbonyl (C=O) groups is 2. The molecular weight excluding hydrogens is 366 g/mol. The molecule has 0 aliphatic rings. The number of amides is 1. The lowest BCUT2D eigenvalue weighted by Crippen LogP contribution is -2.22. The van der Waals surface area contributed by atoms with Crippen LogP contribution in [0.5, 0.6) is 5.75 Å². The Kier molecular flexibility index (Phi) is 6.97. The van der Waals surface area contributed by atoms with Crippen LogP contribution in [0.4, 0.5) is 5.69 Å². The first-order valence-electron chi connectivity index (χ1n) is 7.30. The van der Waals surface area contributed by atoms with Gasteiger partial charge in [-0.25, -0.2) is 4.79 Å². The van der Waals surface area contributed by atoms with Gasteiger partial charge in [-0.15, -0.1) is 0 Å². The van der Waals surface area contributed by atoms with Crippen LogP contribution in [0.3, 0.4) is 0 Å². The van der Waals surface area contributed by atoms with Crippen LogP contribution in [0.25, 0.3) is 0 Å². The molecule has 0 radical (unpaired) electrons. The maximum atomic E-state index is 11.9. The van der Waals surface area contributed by atoms with Gasteiger partial charge in [-0.2, -0.15) is 0 Å². The van der Waals surface area contributed by atoms with E-state index < -0.39 is 22.7 Å². The molecule has 1 amide bonds. The summed E-state index contributed by atoms with van der Waals surface area (Å²) in [5.74, 6) is -0.782. The number of carboxylic acid groups (broad SMARTS) is 1. The number of benzene rings is 2. The van der Waals surface area contributed by atoms with Crippen molar-refractivity contribution in [3.8, 4) is 5.75 Å². The zero-order valence-corrected chi connectivity index (χ0v) is 14.7. The van der Waals surface area contributed by atoms with Gasteiger partial charge in [-0.1, -0.05) is 11.6 Å². The quantitative estimate of drug-likeness (QED) is 0.733. The number of carbonyl (C=O) groups excluding carboxylic acids is 1. The van der Waals surface area contributed by atoms with Gasteiger partial charge in [0.1, 0.15) is 11.5 Å². The highest BCUT2D eigenvalue weighted by molar-refractivity contribution is 7.85. The van der Waals surface area contributed by atoms with Gasteiger partial charge in [0.15, 0.2) is 0 Å². The third-order valence-electron chi connectivity index (χ3n) is 3.10. The standard InChI is InChI=1S/C17H16ClNO5S/c18-13-3-7-15(8-4-13)24-9-10-25(23)11-16(20)19-14-5-1-12(2-6-14)17(21)22/h1-8H,9-11H2,(H,19,20)(H,21,22). The highest BCUT2D eigenvalue weighted by Crippen LogP contribution is 2.15. The summed E-state index contributed by atoms with van der Waals surface area (Å²) in [6, 6.07) is 12.5. The van der Waals surface area contributed by atoms with Gasteiger partial charge in [0, 0.05) is 21.5 Å². The van der Waals surface area contributed by atoms with Gasteiger partial charge >= 0.3 is 5.97 Å². The molecule has 0 aliphatic carbocycles. The summed E-state index contributed by atoms with van der Waals surface area (Å²) in [7, 11) is -1.37. The highest BCUT2D eigenvalue weighted by Gasteiger charge is 2.09. The number of hydrogen-bond acceptors (Lipinski definition) is 4. The van der Waals surface area contributed by atoms with E-state index in [2.05, 4.69) is 5.32 Å². The molecule has 0 spiro atoms. The minimum absolute atomic E-state index is 0.126. The van der Waals surface area contributed by atoms with E-state index in [1.54, 1.807) is 24.3 Å². The number of carboxylic acids is 1. The number of ether oxygens (including phenoxy) is 1. The molecule has 2 N–H and O–H groups in total. The Morgan fingerprint density at radius 2 is 1.72 bits per heavy atom. The van der Waals surface area contributed by atoms with Gasteiger partial charge in [0.2, 0.25) is 5.91 Å². The van der Waals surface area contributed by atoms with Gasteiger partial charge in [0.05, 0.1) is 17.9 Å². The average Bonchev–Trinajstić information content (AvgIpc) is 2.57. The summed E-state index contributed by atoms with van der Waals surface area (Å²) in [6.45, 7) is 0.217. The molecule has 0 aromatic heterocycles. The lowest BCUT2D eigenvalue weighted by Gasteiger charge is -2.07. The smallest absolute Gasteiger partial charge is 0.335 e. The average molecular weight is 382 g/mol. The monoisotopic (exact) mass is 381 g/mol. The van der Waals surface area contributed by atoms with Gasteiger partial charge in [-0.3, -0.25) is 9.00 Å². The minimum Gasteiger partial charge on any atom is -0.493 e. The molecule has 0 bridgehead atoms. The summed E-state index contributed by atoms with van der Waals surface area (Å²) in [4.78, 5) is 22.6. The molecular formula is C17H16ClNO5S. The Bertz CT molecular complexity index is 762. The fourth-order valence-electron chi connectivity index (χ4n) is 1.89. The highest BCUT2D eigenvalue weighted by atomic mass is 35.5. The summed E-state index contributed by atoms with van der Waals surface area (Å²) in [5, 5.41) is 12.0. The normalized spacial score (nSPS) is 11.6. The molecule has 1 atom stereocenters. The summed E-state index contributed by atoms with van der Waals surface area (Å²) >= 11 is 5.77. The van der Waals surface area contributed by atoms with Crippen LogP contribution < -0.4 is 10.1 Å². The van der Waals surface area contributed by atoms with E-state index in [0.717, 1.165) is 0 Å².